The topological polar surface area (TPSA) is 105 Å². The van der Waals surface area contributed by atoms with Gasteiger partial charge in [0.25, 0.3) is 0 Å². The van der Waals surface area contributed by atoms with Crippen molar-refractivity contribution in [3.63, 3.8) is 0 Å². The Labute approximate surface area is 161 Å². The van der Waals surface area contributed by atoms with Crippen LogP contribution < -0.4 is 10.1 Å². The first kappa shape index (κ1) is 24.6. The maximum absolute atomic E-state index is 9.10. The molecule has 0 aliphatic rings. The monoisotopic (exact) mass is 381 g/mol. The zero-order valence-corrected chi connectivity index (χ0v) is 16.6. The molecule has 3 N–H and O–H groups in total. The van der Waals surface area contributed by atoms with Gasteiger partial charge in [0.2, 0.25) is 0 Å². The molecule has 0 amide bonds. The first-order chi connectivity index (χ1) is 12.6. The minimum absolute atomic E-state index is 0.0802. The van der Waals surface area contributed by atoms with Gasteiger partial charge in [-0.05, 0) is 23.5 Å². The molecule has 0 saturated carbocycles. The molecular weight excluding hydrogens is 350 g/mol. The van der Waals surface area contributed by atoms with E-state index >= 15 is 0 Å². The van der Waals surface area contributed by atoms with E-state index in [2.05, 4.69) is 57.8 Å². The highest BCUT2D eigenvalue weighted by molar-refractivity contribution is 6.27. The summed E-state index contributed by atoms with van der Waals surface area (Å²) in [6.45, 7) is 15.9. The normalized spacial score (nSPS) is 10.5. The SMILES string of the molecule is C=CCNCCOCCOc1c(C)cccc1C(C)(C)C.O=C(O)C(=O)O. The highest BCUT2D eigenvalue weighted by Crippen LogP contribution is 2.33. The molecule has 0 heterocycles. The molecule has 0 unspecified atom stereocenters. The smallest absolute Gasteiger partial charge is 0.414 e. The number of carboxylic acid groups (broad SMARTS) is 2. The number of para-hydroxylation sites is 1. The number of carboxylic acids is 2. The average molecular weight is 381 g/mol. The summed E-state index contributed by atoms with van der Waals surface area (Å²) in [5.41, 5.74) is 2.50. The third-order valence-electron chi connectivity index (χ3n) is 3.39. The van der Waals surface area contributed by atoms with Crippen molar-refractivity contribution < 1.29 is 29.3 Å². The van der Waals surface area contributed by atoms with Crippen LogP contribution in [0.15, 0.2) is 30.9 Å². The van der Waals surface area contributed by atoms with E-state index in [1.807, 2.05) is 6.08 Å². The number of rotatable bonds is 9. The fourth-order valence-corrected chi connectivity index (χ4v) is 2.09. The van der Waals surface area contributed by atoms with E-state index in [0.29, 0.717) is 19.8 Å². The summed E-state index contributed by atoms with van der Waals surface area (Å²) in [7, 11) is 0. The minimum atomic E-state index is -1.82. The lowest BCUT2D eigenvalue weighted by molar-refractivity contribution is -0.159. The van der Waals surface area contributed by atoms with E-state index in [4.69, 9.17) is 29.3 Å². The van der Waals surface area contributed by atoms with E-state index < -0.39 is 11.9 Å². The first-order valence-electron chi connectivity index (χ1n) is 8.69. The third kappa shape index (κ3) is 11.0. The summed E-state index contributed by atoms with van der Waals surface area (Å²) >= 11 is 0. The van der Waals surface area contributed by atoms with Crippen LogP contribution in [0.5, 0.6) is 5.75 Å². The Morgan fingerprint density at radius 2 is 1.78 bits per heavy atom. The van der Waals surface area contributed by atoms with Gasteiger partial charge >= 0.3 is 11.9 Å². The molecule has 0 radical (unpaired) electrons. The molecule has 0 fully saturated rings. The van der Waals surface area contributed by atoms with Crippen LogP contribution in [0.25, 0.3) is 0 Å². The molecule has 152 valence electrons. The fraction of sp³-hybridized carbons (Fsp3) is 0.500. The Kier molecular flexibility index (Phi) is 11.8. The Morgan fingerprint density at radius 1 is 1.15 bits per heavy atom. The van der Waals surface area contributed by atoms with Gasteiger partial charge in [0.15, 0.2) is 0 Å². The van der Waals surface area contributed by atoms with Crippen LogP contribution >= 0.6 is 0 Å². The van der Waals surface area contributed by atoms with Crippen LogP contribution in [-0.2, 0) is 19.7 Å². The van der Waals surface area contributed by atoms with E-state index in [-0.39, 0.29) is 5.41 Å². The van der Waals surface area contributed by atoms with Crippen molar-refractivity contribution in [1.82, 2.24) is 5.32 Å². The summed E-state index contributed by atoms with van der Waals surface area (Å²) in [5.74, 6) is -2.65. The fourth-order valence-electron chi connectivity index (χ4n) is 2.09. The summed E-state index contributed by atoms with van der Waals surface area (Å²) in [6.07, 6.45) is 1.84. The molecular formula is C20H31NO6. The molecule has 0 bridgehead atoms. The van der Waals surface area contributed by atoms with Crippen molar-refractivity contribution in [2.45, 2.75) is 33.1 Å². The zero-order valence-electron chi connectivity index (χ0n) is 16.6. The van der Waals surface area contributed by atoms with Gasteiger partial charge in [-0.2, -0.15) is 0 Å². The lowest BCUT2D eigenvalue weighted by Gasteiger charge is -2.24. The van der Waals surface area contributed by atoms with Gasteiger partial charge in [0.05, 0.1) is 13.2 Å². The molecule has 0 aliphatic heterocycles. The predicted molar refractivity (Wildman–Crippen MR) is 105 cm³/mol. The van der Waals surface area contributed by atoms with E-state index in [9.17, 15) is 0 Å². The highest BCUT2D eigenvalue weighted by atomic mass is 16.5. The van der Waals surface area contributed by atoms with Crippen LogP contribution in [0.1, 0.15) is 31.9 Å². The van der Waals surface area contributed by atoms with Crippen molar-refractivity contribution in [1.29, 1.82) is 0 Å². The van der Waals surface area contributed by atoms with Gasteiger partial charge < -0.3 is 25.0 Å². The minimum Gasteiger partial charge on any atom is -0.491 e. The average Bonchev–Trinajstić information content (AvgIpc) is 2.58. The Bertz CT molecular complexity index is 595. The van der Waals surface area contributed by atoms with Gasteiger partial charge in [-0.1, -0.05) is 45.0 Å². The van der Waals surface area contributed by atoms with E-state index in [0.717, 1.165) is 18.8 Å². The molecule has 7 heteroatoms. The Hall–Kier alpha value is -2.38. The standard InChI is InChI=1S/C18H29NO2.C2H2O4/c1-6-10-19-11-12-20-13-14-21-17-15(2)8-7-9-16(17)18(3,4)5;3-1(4)2(5)6/h6-9,19H,1,10-14H2,2-5H3;(H,3,4)(H,5,6). The Morgan fingerprint density at radius 3 is 2.30 bits per heavy atom. The molecule has 0 spiro atoms. The third-order valence-corrected chi connectivity index (χ3v) is 3.39. The number of carbonyl (C=O) groups is 2. The van der Waals surface area contributed by atoms with Crippen LogP contribution in [-0.4, -0.2) is 55.1 Å². The number of hydrogen-bond acceptors (Lipinski definition) is 5. The highest BCUT2D eigenvalue weighted by Gasteiger charge is 2.19. The molecule has 1 aromatic carbocycles. The van der Waals surface area contributed by atoms with Gasteiger partial charge in [-0.3, -0.25) is 0 Å². The quantitative estimate of drug-likeness (QED) is 0.343. The Balaban J connectivity index is 0.000000972. The van der Waals surface area contributed by atoms with Crippen molar-refractivity contribution >= 4 is 11.9 Å². The van der Waals surface area contributed by atoms with Crippen molar-refractivity contribution in [2.24, 2.45) is 0 Å². The second-order valence-electron chi connectivity index (χ2n) is 6.77. The number of benzene rings is 1. The van der Waals surface area contributed by atoms with Gasteiger partial charge in [0.1, 0.15) is 12.4 Å². The molecule has 0 atom stereocenters. The number of hydrogen-bond donors (Lipinski definition) is 3. The molecule has 0 saturated heterocycles. The summed E-state index contributed by atoms with van der Waals surface area (Å²) in [4.78, 5) is 18.2. The van der Waals surface area contributed by atoms with Crippen LogP contribution in [0.3, 0.4) is 0 Å². The predicted octanol–water partition coefficient (Wildman–Crippen LogP) is 2.62. The summed E-state index contributed by atoms with van der Waals surface area (Å²) in [6, 6.07) is 6.32. The maximum atomic E-state index is 9.10. The molecule has 1 aromatic rings. The summed E-state index contributed by atoms with van der Waals surface area (Å²) in [5, 5.41) is 18.0. The lowest BCUT2D eigenvalue weighted by Crippen LogP contribution is -2.21. The first-order valence-corrected chi connectivity index (χ1v) is 8.69. The van der Waals surface area contributed by atoms with Crippen LogP contribution in [0, 0.1) is 6.92 Å². The number of ether oxygens (including phenoxy) is 2. The molecule has 1 rings (SSSR count). The van der Waals surface area contributed by atoms with E-state index in [1.165, 1.54) is 11.1 Å². The van der Waals surface area contributed by atoms with Crippen LogP contribution in [0.2, 0.25) is 0 Å². The molecule has 27 heavy (non-hydrogen) atoms. The molecule has 0 aliphatic carbocycles. The second kappa shape index (κ2) is 12.9. The van der Waals surface area contributed by atoms with E-state index in [1.54, 1.807) is 0 Å². The molecule has 7 nitrogen and oxygen atoms in total. The summed E-state index contributed by atoms with van der Waals surface area (Å²) < 4.78 is 11.5. The van der Waals surface area contributed by atoms with Gasteiger partial charge in [-0.15, -0.1) is 6.58 Å². The molecule has 0 aromatic heterocycles. The van der Waals surface area contributed by atoms with Crippen molar-refractivity contribution in [3.05, 3.63) is 42.0 Å². The van der Waals surface area contributed by atoms with Gasteiger partial charge in [0, 0.05) is 13.1 Å². The largest absolute Gasteiger partial charge is 0.491 e. The number of aryl methyl sites for hydroxylation is 1. The van der Waals surface area contributed by atoms with Crippen LogP contribution in [0.4, 0.5) is 0 Å². The number of aliphatic carboxylic acids is 2. The second-order valence-corrected chi connectivity index (χ2v) is 6.77. The maximum Gasteiger partial charge on any atom is 0.414 e. The number of nitrogens with one attached hydrogen (secondary N) is 1. The lowest BCUT2D eigenvalue weighted by atomic mass is 9.85. The van der Waals surface area contributed by atoms with Crippen molar-refractivity contribution in [2.75, 3.05) is 32.9 Å². The van der Waals surface area contributed by atoms with Crippen molar-refractivity contribution in [3.8, 4) is 5.75 Å². The van der Waals surface area contributed by atoms with Gasteiger partial charge in [-0.25, -0.2) is 9.59 Å². The zero-order chi connectivity index (χ0) is 20.9.